The highest BCUT2D eigenvalue weighted by Gasteiger charge is 2.74. The Kier molecular flexibility index (Phi) is 11.7. The van der Waals surface area contributed by atoms with Crippen LogP contribution in [0.3, 0.4) is 0 Å². The van der Waals surface area contributed by atoms with E-state index >= 15 is 0 Å². The topological polar surface area (TPSA) is 94.5 Å². The van der Waals surface area contributed by atoms with Crippen molar-refractivity contribution in [2.24, 2.45) is 0 Å². The number of hydrogen-bond donors (Lipinski definition) is 1. The highest BCUT2D eigenvalue weighted by atomic mass is 19.4. The number of rotatable bonds is 15. The van der Waals surface area contributed by atoms with Gasteiger partial charge in [-0.3, -0.25) is 0 Å². The first kappa shape index (κ1) is 33.5. The number of carbonyl (C=O) groups excluding carboxylic acids is 1. The Balaban J connectivity index is 2.04. The van der Waals surface area contributed by atoms with E-state index < -0.39 is 61.9 Å². The monoisotopic (exact) mass is 603 g/mol. The summed E-state index contributed by atoms with van der Waals surface area (Å²) in [6, 6.07) is 10.2. The van der Waals surface area contributed by atoms with Gasteiger partial charge in [0.15, 0.2) is 6.10 Å². The van der Waals surface area contributed by atoms with Crippen LogP contribution in [0.5, 0.6) is 11.5 Å². The lowest BCUT2D eigenvalue weighted by molar-refractivity contribution is -0.423. The molecule has 0 saturated carbocycles. The molecule has 0 fully saturated rings. The van der Waals surface area contributed by atoms with Crippen molar-refractivity contribution in [3.63, 3.8) is 0 Å². The highest BCUT2D eigenvalue weighted by molar-refractivity contribution is 5.72. The number of halogens is 8. The van der Waals surface area contributed by atoms with Gasteiger partial charge in [0.2, 0.25) is 0 Å². The van der Waals surface area contributed by atoms with Gasteiger partial charge < -0.3 is 29.0 Å². The molecule has 228 valence electrons. The third kappa shape index (κ3) is 9.74. The maximum atomic E-state index is 13.5. The van der Waals surface area contributed by atoms with E-state index in [4.69, 9.17) is 14.2 Å². The Hall–Kier alpha value is -3.66. The predicted octanol–water partition coefficient (Wildman–Crippen LogP) is 5.54. The molecule has 1 unspecified atom stereocenters. The molecule has 16 heteroatoms. The van der Waals surface area contributed by atoms with Crippen molar-refractivity contribution in [2.75, 3.05) is 32.9 Å². The van der Waals surface area contributed by atoms with Crippen molar-refractivity contribution in [1.29, 1.82) is 0 Å². The van der Waals surface area contributed by atoms with Gasteiger partial charge in [0.05, 0.1) is 13.2 Å². The zero-order valence-corrected chi connectivity index (χ0v) is 21.3. The lowest BCUT2D eigenvalue weighted by Crippen LogP contribution is -2.54. The fraction of sp³-hybridized carbons (Fsp3) is 0.440. The Morgan fingerprint density at radius 2 is 1.56 bits per heavy atom. The molecular formula is C25H25F8NO7. The molecule has 41 heavy (non-hydrogen) atoms. The summed E-state index contributed by atoms with van der Waals surface area (Å²) in [5.74, 6) is -8.53. The van der Waals surface area contributed by atoms with Gasteiger partial charge in [0, 0.05) is 25.6 Å². The molecule has 0 bridgehead atoms. The second-order valence-corrected chi connectivity index (χ2v) is 8.23. The summed E-state index contributed by atoms with van der Waals surface area (Å²) >= 11 is 0. The average Bonchev–Trinajstić information content (AvgIpc) is 2.87. The molecular weight excluding hydrogens is 578 g/mol. The van der Waals surface area contributed by atoms with Crippen molar-refractivity contribution in [3.05, 3.63) is 59.9 Å². The summed E-state index contributed by atoms with van der Waals surface area (Å²) in [4.78, 5) is 24.4. The largest absolute Gasteiger partial charge is 0.492 e. The molecule has 0 aliphatic rings. The summed E-state index contributed by atoms with van der Waals surface area (Å²) in [7, 11) is 0. The smallest absolute Gasteiger partial charge is 0.462 e. The maximum absolute atomic E-state index is 13.5. The lowest BCUT2D eigenvalue weighted by Gasteiger charge is -2.28. The molecule has 0 aromatic heterocycles. The van der Waals surface area contributed by atoms with E-state index in [1.165, 1.54) is 36.4 Å². The number of alkyl halides is 7. The van der Waals surface area contributed by atoms with Crippen LogP contribution in [0, 0.1) is 5.82 Å². The van der Waals surface area contributed by atoms with Crippen molar-refractivity contribution in [2.45, 2.75) is 37.7 Å². The number of hydrogen-bond acceptors (Lipinski definition) is 6. The fourth-order valence-electron chi connectivity index (χ4n) is 3.16. The number of aliphatic carboxylic acids is 1. The molecule has 1 amide bonds. The van der Waals surface area contributed by atoms with Gasteiger partial charge >= 0.3 is 30.3 Å². The summed E-state index contributed by atoms with van der Waals surface area (Å²) in [6.45, 7) is -1.37. The van der Waals surface area contributed by atoms with Gasteiger partial charge in [-0.25, -0.2) is 14.0 Å². The Morgan fingerprint density at radius 1 is 0.927 bits per heavy atom. The van der Waals surface area contributed by atoms with Crippen molar-refractivity contribution >= 4 is 12.1 Å². The molecule has 0 saturated heterocycles. The Morgan fingerprint density at radius 3 is 2.12 bits per heavy atom. The first-order valence-electron chi connectivity index (χ1n) is 11.8. The normalized spacial score (nSPS) is 13.0. The quantitative estimate of drug-likeness (QED) is 0.267. The van der Waals surface area contributed by atoms with Crippen LogP contribution in [-0.2, 0) is 20.7 Å². The predicted molar refractivity (Wildman–Crippen MR) is 125 cm³/mol. The van der Waals surface area contributed by atoms with Gasteiger partial charge in [-0.05, 0) is 36.8 Å². The third-order valence-corrected chi connectivity index (χ3v) is 5.24. The van der Waals surface area contributed by atoms with Crippen molar-refractivity contribution in [1.82, 2.24) is 4.90 Å². The van der Waals surface area contributed by atoms with Crippen LogP contribution in [0.1, 0.15) is 12.5 Å². The van der Waals surface area contributed by atoms with Crippen molar-refractivity contribution < 1.29 is 68.8 Å². The van der Waals surface area contributed by atoms with Gasteiger partial charge in [-0.15, -0.1) is 0 Å². The van der Waals surface area contributed by atoms with Crippen LogP contribution in [0.4, 0.5) is 39.9 Å². The van der Waals surface area contributed by atoms with Crippen LogP contribution < -0.4 is 9.47 Å². The lowest BCUT2D eigenvalue weighted by atomic mass is 10.1. The summed E-state index contributed by atoms with van der Waals surface area (Å²) < 4.78 is 123. The minimum absolute atomic E-state index is 0.0567. The number of ether oxygens (including phenoxy) is 4. The minimum Gasteiger partial charge on any atom is -0.492 e. The van der Waals surface area contributed by atoms with E-state index in [1.54, 1.807) is 6.92 Å². The van der Waals surface area contributed by atoms with Gasteiger partial charge in [-0.2, -0.15) is 30.7 Å². The number of amides is 1. The number of carbonyl (C=O) groups is 2. The summed E-state index contributed by atoms with van der Waals surface area (Å²) in [5.41, 5.74) is 0.590. The molecule has 1 N–H and O–H groups in total. The van der Waals surface area contributed by atoms with Crippen LogP contribution in [0.2, 0.25) is 0 Å². The van der Waals surface area contributed by atoms with E-state index in [1.807, 2.05) is 0 Å². The molecule has 2 rings (SSSR count). The minimum atomic E-state index is -6.60. The summed E-state index contributed by atoms with van der Waals surface area (Å²) in [5, 5.41) is 9.17. The zero-order chi connectivity index (χ0) is 30.8. The van der Waals surface area contributed by atoms with Crippen molar-refractivity contribution in [3.8, 4) is 11.5 Å². The standard InChI is InChI=1S/C25H25F8NO7/c1-2-38-20(21(35)36)14-16-6-8-18(9-7-16)39-12-10-34(22(37)41-19-5-3-4-17(26)15-19)11-13-40-25(32,33)23(27,28)24(29,30)31/h3-9,15,20H,2,10-14H2,1H3,(H,35,36). The van der Waals surface area contributed by atoms with Gasteiger partial charge in [-0.1, -0.05) is 18.2 Å². The van der Waals surface area contributed by atoms with Gasteiger partial charge in [0.25, 0.3) is 0 Å². The molecule has 0 heterocycles. The number of carboxylic acids is 1. The number of carboxylic acid groups (broad SMARTS) is 1. The number of benzene rings is 2. The Labute approximate surface area is 228 Å². The van der Waals surface area contributed by atoms with Gasteiger partial charge in [0.1, 0.15) is 23.9 Å². The molecule has 0 radical (unpaired) electrons. The Bertz CT molecular complexity index is 1150. The molecule has 2 aromatic carbocycles. The van der Waals surface area contributed by atoms with E-state index in [0.717, 1.165) is 12.1 Å². The van der Waals surface area contributed by atoms with E-state index in [2.05, 4.69) is 4.74 Å². The third-order valence-electron chi connectivity index (χ3n) is 5.24. The average molecular weight is 603 g/mol. The van der Waals surface area contributed by atoms with Crippen LogP contribution in [0.25, 0.3) is 0 Å². The van der Waals surface area contributed by atoms with Crippen LogP contribution in [-0.4, -0.2) is 79.3 Å². The highest BCUT2D eigenvalue weighted by Crippen LogP contribution is 2.46. The first-order valence-corrected chi connectivity index (χ1v) is 11.8. The molecule has 1 atom stereocenters. The molecule has 2 aromatic rings. The van der Waals surface area contributed by atoms with E-state index in [9.17, 15) is 49.8 Å². The van der Waals surface area contributed by atoms with Crippen LogP contribution in [0.15, 0.2) is 48.5 Å². The summed E-state index contributed by atoms with van der Waals surface area (Å²) in [6.07, 6.45) is -14.9. The number of nitrogens with zero attached hydrogens (tertiary/aromatic N) is 1. The maximum Gasteiger partial charge on any atom is 0.462 e. The second-order valence-electron chi connectivity index (χ2n) is 8.23. The zero-order valence-electron chi connectivity index (χ0n) is 21.3. The molecule has 8 nitrogen and oxygen atoms in total. The molecule has 0 aliphatic carbocycles. The van der Waals surface area contributed by atoms with Crippen LogP contribution >= 0.6 is 0 Å². The fourth-order valence-corrected chi connectivity index (χ4v) is 3.16. The van der Waals surface area contributed by atoms with E-state index in [0.29, 0.717) is 10.5 Å². The first-order chi connectivity index (χ1) is 19.1. The second kappa shape index (κ2) is 14.3. The SMILES string of the molecule is CCOC(Cc1ccc(OCCN(CCOC(F)(F)C(F)(F)C(F)(F)F)C(=O)Oc2cccc(F)c2)cc1)C(=O)O. The molecule has 0 aliphatic heterocycles. The van der Waals surface area contributed by atoms with E-state index in [-0.39, 0.29) is 31.1 Å². The molecule has 0 spiro atoms.